The van der Waals surface area contributed by atoms with Crippen LogP contribution in [0.25, 0.3) is 0 Å². The SMILES string of the molecule is CCOC(=O)C1=C(N)OC2=C(C(=O)CCC2)[C@@]12C(=O)N(CC)c1ccccc12. The summed E-state index contributed by atoms with van der Waals surface area (Å²) >= 11 is 0. The second-order valence-electron chi connectivity index (χ2n) is 6.95. The Labute approximate surface area is 162 Å². The van der Waals surface area contributed by atoms with E-state index in [0.29, 0.717) is 42.8 Å². The van der Waals surface area contributed by atoms with Crippen LogP contribution in [0.2, 0.25) is 0 Å². The van der Waals surface area contributed by atoms with Gasteiger partial charge >= 0.3 is 5.97 Å². The third-order valence-electron chi connectivity index (χ3n) is 5.56. The first-order chi connectivity index (χ1) is 13.5. The summed E-state index contributed by atoms with van der Waals surface area (Å²) in [5.74, 6) is -1.10. The van der Waals surface area contributed by atoms with E-state index in [0.717, 1.165) is 0 Å². The fourth-order valence-corrected chi connectivity index (χ4v) is 4.54. The third-order valence-corrected chi connectivity index (χ3v) is 5.56. The van der Waals surface area contributed by atoms with Crippen molar-refractivity contribution in [3.05, 3.63) is 52.6 Å². The van der Waals surface area contributed by atoms with Gasteiger partial charge < -0.3 is 20.1 Å². The van der Waals surface area contributed by atoms with Gasteiger partial charge in [0, 0.05) is 30.6 Å². The van der Waals surface area contributed by atoms with Gasteiger partial charge in [-0.05, 0) is 26.3 Å². The van der Waals surface area contributed by atoms with Crippen molar-refractivity contribution >= 4 is 23.3 Å². The van der Waals surface area contributed by atoms with Crippen LogP contribution in [0.1, 0.15) is 38.7 Å². The van der Waals surface area contributed by atoms with Crippen LogP contribution in [-0.2, 0) is 29.3 Å². The lowest BCUT2D eigenvalue weighted by Crippen LogP contribution is -2.51. The number of allylic oxidation sites excluding steroid dienone is 1. The van der Waals surface area contributed by atoms with Crippen molar-refractivity contribution in [3.63, 3.8) is 0 Å². The predicted octanol–water partition coefficient (Wildman–Crippen LogP) is 2.06. The number of ether oxygens (including phenoxy) is 2. The number of hydrogen-bond donors (Lipinski definition) is 1. The monoisotopic (exact) mass is 382 g/mol. The number of ketones is 1. The zero-order chi connectivity index (χ0) is 20.1. The Kier molecular flexibility index (Phi) is 4.25. The van der Waals surface area contributed by atoms with Crippen molar-refractivity contribution in [3.8, 4) is 0 Å². The zero-order valence-corrected chi connectivity index (χ0v) is 15.9. The van der Waals surface area contributed by atoms with Crippen LogP contribution in [0.4, 0.5) is 5.69 Å². The first kappa shape index (κ1) is 18.3. The molecule has 0 radical (unpaired) electrons. The van der Waals surface area contributed by atoms with Gasteiger partial charge in [-0.3, -0.25) is 9.59 Å². The molecule has 0 saturated carbocycles. The summed E-state index contributed by atoms with van der Waals surface area (Å²) < 4.78 is 10.9. The van der Waals surface area contributed by atoms with Crippen molar-refractivity contribution in [1.82, 2.24) is 0 Å². The van der Waals surface area contributed by atoms with Gasteiger partial charge in [0.05, 0.1) is 12.2 Å². The van der Waals surface area contributed by atoms with Crippen molar-refractivity contribution in [2.75, 3.05) is 18.1 Å². The standard InChI is InChI=1S/C21H22N2O5/c1-3-23-13-9-6-5-8-12(13)21(20(23)26)16-14(24)10-7-11-15(16)28-18(22)17(21)19(25)27-4-2/h5-6,8-9H,3-4,7,10-11,22H2,1-2H3/t21-/m1/s1. The summed E-state index contributed by atoms with van der Waals surface area (Å²) in [6, 6.07) is 7.19. The summed E-state index contributed by atoms with van der Waals surface area (Å²) in [4.78, 5) is 41.4. The molecule has 2 aliphatic heterocycles. The van der Waals surface area contributed by atoms with Crippen LogP contribution >= 0.6 is 0 Å². The van der Waals surface area contributed by atoms with Gasteiger partial charge in [0.2, 0.25) is 11.8 Å². The number of Topliss-reactive ketones (excluding diaryl/α,β-unsaturated/α-hetero) is 1. The number of rotatable bonds is 3. The minimum absolute atomic E-state index is 0.100. The minimum Gasteiger partial charge on any atom is -0.462 e. The highest BCUT2D eigenvalue weighted by Crippen LogP contribution is 2.55. The summed E-state index contributed by atoms with van der Waals surface area (Å²) in [5.41, 5.74) is 5.90. The summed E-state index contributed by atoms with van der Waals surface area (Å²) in [6.07, 6.45) is 1.39. The lowest BCUT2D eigenvalue weighted by Gasteiger charge is -2.38. The van der Waals surface area contributed by atoms with E-state index >= 15 is 0 Å². The molecular formula is C21H22N2O5. The van der Waals surface area contributed by atoms with E-state index in [9.17, 15) is 14.4 Å². The molecule has 1 spiro atoms. The topological polar surface area (TPSA) is 98.9 Å². The molecule has 1 atom stereocenters. The van der Waals surface area contributed by atoms with Gasteiger partial charge in [0.15, 0.2) is 5.78 Å². The molecule has 0 saturated heterocycles. The van der Waals surface area contributed by atoms with E-state index in [2.05, 4.69) is 0 Å². The van der Waals surface area contributed by atoms with E-state index in [-0.39, 0.29) is 35.3 Å². The zero-order valence-electron chi connectivity index (χ0n) is 15.9. The van der Waals surface area contributed by atoms with Gasteiger partial charge in [-0.25, -0.2) is 4.79 Å². The van der Waals surface area contributed by atoms with Gasteiger partial charge in [0.25, 0.3) is 0 Å². The second kappa shape index (κ2) is 6.51. The molecule has 7 nitrogen and oxygen atoms in total. The van der Waals surface area contributed by atoms with E-state index in [1.54, 1.807) is 24.0 Å². The van der Waals surface area contributed by atoms with E-state index < -0.39 is 11.4 Å². The molecule has 0 bridgehead atoms. The Bertz CT molecular complexity index is 961. The number of anilines is 1. The van der Waals surface area contributed by atoms with Gasteiger partial charge in [-0.1, -0.05) is 18.2 Å². The largest absolute Gasteiger partial charge is 0.462 e. The molecule has 7 heteroatoms. The van der Waals surface area contributed by atoms with Crippen LogP contribution in [0.15, 0.2) is 47.1 Å². The number of likely N-dealkylation sites (N-methyl/N-ethyl adjacent to an activating group) is 1. The van der Waals surface area contributed by atoms with Crippen molar-refractivity contribution in [1.29, 1.82) is 0 Å². The molecule has 0 unspecified atom stereocenters. The number of nitrogens with two attached hydrogens (primary N) is 1. The summed E-state index contributed by atoms with van der Waals surface area (Å²) in [5, 5.41) is 0. The quantitative estimate of drug-likeness (QED) is 0.804. The Morgan fingerprint density at radius 3 is 2.71 bits per heavy atom. The molecule has 1 aromatic rings. The van der Waals surface area contributed by atoms with Crippen molar-refractivity contribution < 1.29 is 23.9 Å². The first-order valence-corrected chi connectivity index (χ1v) is 9.51. The van der Waals surface area contributed by atoms with Gasteiger partial charge in [-0.2, -0.15) is 0 Å². The van der Waals surface area contributed by atoms with Crippen molar-refractivity contribution in [2.45, 2.75) is 38.5 Å². The average molecular weight is 382 g/mol. The first-order valence-electron chi connectivity index (χ1n) is 9.51. The maximum atomic E-state index is 13.8. The van der Waals surface area contributed by atoms with Gasteiger partial charge in [0.1, 0.15) is 16.7 Å². The highest BCUT2D eigenvalue weighted by Gasteiger charge is 2.63. The minimum atomic E-state index is -1.62. The predicted molar refractivity (Wildman–Crippen MR) is 101 cm³/mol. The lowest BCUT2D eigenvalue weighted by molar-refractivity contribution is -0.141. The number of esters is 1. The molecule has 1 amide bonds. The lowest BCUT2D eigenvalue weighted by atomic mass is 9.64. The number of amides is 1. The summed E-state index contributed by atoms with van der Waals surface area (Å²) in [6.45, 7) is 4.02. The molecule has 3 aliphatic rings. The fraction of sp³-hybridized carbons (Fsp3) is 0.381. The summed E-state index contributed by atoms with van der Waals surface area (Å²) in [7, 11) is 0. The molecule has 28 heavy (non-hydrogen) atoms. The number of para-hydroxylation sites is 1. The van der Waals surface area contributed by atoms with Crippen molar-refractivity contribution in [2.24, 2.45) is 5.73 Å². The molecule has 2 N–H and O–H groups in total. The normalized spacial score (nSPS) is 23.7. The van der Waals surface area contributed by atoms with E-state index in [4.69, 9.17) is 15.2 Å². The maximum Gasteiger partial charge on any atom is 0.341 e. The molecule has 1 aliphatic carbocycles. The van der Waals surface area contributed by atoms with Crippen LogP contribution < -0.4 is 10.6 Å². The number of nitrogens with zero attached hydrogens (tertiary/aromatic N) is 1. The molecule has 1 aromatic carbocycles. The number of benzene rings is 1. The Morgan fingerprint density at radius 2 is 2.00 bits per heavy atom. The Hall–Kier alpha value is -3.09. The highest BCUT2D eigenvalue weighted by molar-refractivity contribution is 6.23. The molecular weight excluding hydrogens is 360 g/mol. The van der Waals surface area contributed by atoms with Crippen LogP contribution in [0.5, 0.6) is 0 Å². The Morgan fingerprint density at radius 1 is 1.25 bits per heavy atom. The molecule has 146 valence electrons. The van der Waals surface area contributed by atoms with Crippen LogP contribution in [0.3, 0.4) is 0 Å². The number of fused-ring (bicyclic) bond motifs is 3. The Balaban J connectivity index is 2.10. The number of carbonyl (C=O) groups excluding carboxylic acids is 3. The smallest absolute Gasteiger partial charge is 0.341 e. The average Bonchev–Trinajstić information content (AvgIpc) is 2.90. The second-order valence-corrected chi connectivity index (χ2v) is 6.95. The molecule has 2 heterocycles. The van der Waals surface area contributed by atoms with E-state index in [1.165, 1.54) is 0 Å². The molecule has 4 rings (SSSR count). The molecule has 0 fully saturated rings. The van der Waals surface area contributed by atoms with Crippen LogP contribution in [0, 0.1) is 0 Å². The van der Waals surface area contributed by atoms with Gasteiger partial charge in [-0.15, -0.1) is 0 Å². The number of hydrogen-bond acceptors (Lipinski definition) is 6. The third kappa shape index (κ3) is 2.19. The number of carbonyl (C=O) groups is 3. The fourth-order valence-electron chi connectivity index (χ4n) is 4.54. The van der Waals surface area contributed by atoms with E-state index in [1.807, 2.05) is 19.1 Å². The molecule has 0 aromatic heterocycles. The maximum absolute atomic E-state index is 13.8. The van der Waals surface area contributed by atoms with Crippen LogP contribution in [-0.4, -0.2) is 30.8 Å². The highest BCUT2D eigenvalue weighted by atomic mass is 16.5.